The van der Waals surface area contributed by atoms with Crippen LogP contribution in [0.5, 0.6) is 5.75 Å². The van der Waals surface area contributed by atoms with Gasteiger partial charge in [0.15, 0.2) is 0 Å². The van der Waals surface area contributed by atoms with E-state index in [1.165, 1.54) is 11.8 Å². The minimum atomic E-state index is -3.25. The van der Waals surface area contributed by atoms with E-state index in [1.54, 1.807) is 0 Å². The number of nitrogens with one attached hydrogen (secondary N) is 2. The zero-order chi connectivity index (χ0) is 20.7. The topological polar surface area (TPSA) is 96.6 Å². The van der Waals surface area contributed by atoms with Crippen LogP contribution in [-0.2, 0) is 14.8 Å². The van der Waals surface area contributed by atoms with Crippen LogP contribution in [-0.4, -0.2) is 74.3 Å². The molecular weight excluding hydrogens is 404 g/mol. The first-order chi connectivity index (χ1) is 14.5. The molecule has 2 atom stereocenters. The fraction of sp³-hybridized carbons (Fsp3) is 0.667. The van der Waals surface area contributed by atoms with Crippen LogP contribution in [0.3, 0.4) is 0 Å². The fourth-order valence-corrected chi connectivity index (χ4v) is 6.14. The Kier molecular flexibility index (Phi) is 5.47. The van der Waals surface area contributed by atoms with Crippen molar-refractivity contribution >= 4 is 20.9 Å². The molecule has 6 rings (SSSR count). The number of hydrogen-bond donors (Lipinski definition) is 2. The molecule has 9 heteroatoms. The summed E-state index contributed by atoms with van der Waals surface area (Å²) in [6.45, 7) is 2.70. The lowest BCUT2D eigenvalue weighted by Gasteiger charge is -2.32. The maximum absolute atomic E-state index is 11.8. The third-order valence-electron chi connectivity index (χ3n) is 6.85. The Morgan fingerprint density at radius 1 is 1.17 bits per heavy atom. The molecule has 4 aliphatic rings. The summed E-state index contributed by atoms with van der Waals surface area (Å²) in [6.07, 6.45) is 8.31. The Morgan fingerprint density at radius 3 is 2.80 bits per heavy atom. The molecule has 4 heterocycles. The highest BCUT2D eigenvalue weighted by Gasteiger charge is 2.37. The van der Waals surface area contributed by atoms with Crippen molar-refractivity contribution in [3.63, 3.8) is 0 Å². The summed E-state index contributed by atoms with van der Waals surface area (Å²) < 4.78 is 39.1. The second-order valence-electron chi connectivity index (χ2n) is 8.89. The molecule has 1 saturated heterocycles. The zero-order valence-electron chi connectivity index (χ0n) is 17.3. The lowest BCUT2D eigenvalue weighted by molar-refractivity contribution is -0.00650. The first-order valence-corrected chi connectivity index (χ1v) is 12.8. The van der Waals surface area contributed by atoms with Gasteiger partial charge in [-0.2, -0.15) is 5.10 Å². The predicted molar refractivity (Wildman–Crippen MR) is 114 cm³/mol. The van der Waals surface area contributed by atoms with Crippen LogP contribution >= 0.6 is 0 Å². The number of fused-ring (bicyclic) bond motifs is 6. The highest BCUT2D eigenvalue weighted by molar-refractivity contribution is 7.88. The summed E-state index contributed by atoms with van der Waals surface area (Å²) in [5.41, 5.74) is 2.27. The zero-order valence-corrected chi connectivity index (χ0v) is 18.2. The highest BCUT2D eigenvalue weighted by atomic mass is 32.2. The molecule has 2 N–H and O–H groups in total. The molecule has 1 aliphatic carbocycles. The summed E-state index contributed by atoms with van der Waals surface area (Å²) >= 11 is 0. The van der Waals surface area contributed by atoms with Crippen LogP contribution in [0.15, 0.2) is 18.3 Å². The molecule has 2 fully saturated rings. The molecule has 0 amide bonds. The third kappa shape index (κ3) is 4.21. The average Bonchev–Trinajstić information content (AvgIpc) is 3.31. The van der Waals surface area contributed by atoms with E-state index in [1.807, 2.05) is 6.20 Å². The summed E-state index contributed by atoms with van der Waals surface area (Å²) in [6, 6.07) is 4.23. The van der Waals surface area contributed by atoms with Crippen molar-refractivity contribution in [2.45, 2.75) is 56.2 Å². The molecule has 1 aromatic carbocycles. The maximum Gasteiger partial charge on any atom is 0.209 e. The van der Waals surface area contributed by atoms with Gasteiger partial charge in [0.05, 0.1) is 30.7 Å². The standard InChI is InChI=1S/C21H30N4O4S/c1-30(26,27)24-18-6-7-25-8-9-28-21-11-19-15(12-22-23-19)10-17(21)14-2-4-16(5-3-14)29-13-20(18)25/h10-12,14,16,18,20,24H,2-9,13H2,1H3,(H,22,23)/t14?,16?,18-,20?/m0/s1. The van der Waals surface area contributed by atoms with Crippen LogP contribution < -0.4 is 9.46 Å². The minimum absolute atomic E-state index is 0.0383. The number of aromatic nitrogens is 2. The first-order valence-electron chi connectivity index (χ1n) is 10.9. The van der Waals surface area contributed by atoms with Crippen LogP contribution in [0.4, 0.5) is 0 Å². The monoisotopic (exact) mass is 434 g/mol. The van der Waals surface area contributed by atoms with Gasteiger partial charge in [-0.05, 0) is 49.7 Å². The van der Waals surface area contributed by atoms with E-state index in [4.69, 9.17) is 9.47 Å². The van der Waals surface area contributed by atoms with Crippen molar-refractivity contribution in [2.75, 3.05) is 32.6 Å². The summed E-state index contributed by atoms with van der Waals surface area (Å²) in [5.74, 6) is 1.41. The number of sulfonamides is 1. The molecule has 8 nitrogen and oxygen atoms in total. The number of H-pyrrole nitrogens is 1. The van der Waals surface area contributed by atoms with Gasteiger partial charge in [-0.3, -0.25) is 10.00 Å². The van der Waals surface area contributed by atoms with Crippen molar-refractivity contribution in [1.29, 1.82) is 0 Å². The lowest BCUT2D eigenvalue weighted by Crippen LogP contribution is -2.48. The van der Waals surface area contributed by atoms with Crippen molar-refractivity contribution in [2.24, 2.45) is 0 Å². The molecule has 1 aromatic heterocycles. The Bertz CT molecular complexity index is 1000. The highest BCUT2D eigenvalue weighted by Crippen LogP contribution is 2.40. The number of hydrogen-bond acceptors (Lipinski definition) is 6. The van der Waals surface area contributed by atoms with Gasteiger partial charge in [-0.15, -0.1) is 0 Å². The molecule has 2 aromatic rings. The molecule has 1 unspecified atom stereocenters. The normalized spacial score (nSPS) is 30.7. The molecule has 1 saturated carbocycles. The van der Waals surface area contributed by atoms with Gasteiger partial charge in [0, 0.05) is 36.6 Å². The van der Waals surface area contributed by atoms with Gasteiger partial charge in [0.1, 0.15) is 12.4 Å². The van der Waals surface area contributed by atoms with Gasteiger partial charge in [0.2, 0.25) is 10.0 Å². The minimum Gasteiger partial charge on any atom is -0.492 e. The second kappa shape index (κ2) is 8.11. The smallest absolute Gasteiger partial charge is 0.209 e. The van der Waals surface area contributed by atoms with E-state index in [0.29, 0.717) is 19.1 Å². The number of rotatable bonds is 2. The molecule has 3 aliphatic heterocycles. The van der Waals surface area contributed by atoms with E-state index in [0.717, 1.165) is 61.8 Å². The average molecular weight is 435 g/mol. The van der Waals surface area contributed by atoms with Gasteiger partial charge < -0.3 is 9.47 Å². The molecule has 2 bridgehead atoms. The van der Waals surface area contributed by atoms with Crippen LogP contribution in [0.2, 0.25) is 0 Å². The maximum atomic E-state index is 11.8. The van der Waals surface area contributed by atoms with Gasteiger partial charge >= 0.3 is 0 Å². The SMILES string of the molecule is CS(=O)(=O)N[C@H]1CCN2CCOc3cc4[nH]ncc4cc3C3CCC(CC3)OCC12. The third-order valence-corrected chi connectivity index (χ3v) is 7.58. The van der Waals surface area contributed by atoms with Crippen LogP contribution in [0.1, 0.15) is 43.6 Å². The quantitative estimate of drug-likeness (QED) is 0.750. The Morgan fingerprint density at radius 2 is 2.00 bits per heavy atom. The molecule has 164 valence electrons. The summed E-state index contributed by atoms with van der Waals surface area (Å²) in [5, 5.41) is 8.34. The number of aromatic amines is 1. The predicted octanol–water partition coefficient (Wildman–Crippen LogP) is 1.99. The number of nitrogens with zero attached hydrogens (tertiary/aromatic N) is 2. The Balaban J connectivity index is 1.41. The lowest BCUT2D eigenvalue weighted by atomic mass is 9.82. The van der Waals surface area contributed by atoms with E-state index >= 15 is 0 Å². The van der Waals surface area contributed by atoms with E-state index in [2.05, 4.69) is 32.0 Å². The number of benzene rings is 1. The van der Waals surface area contributed by atoms with Crippen LogP contribution in [0, 0.1) is 0 Å². The second-order valence-corrected chi connectivity index (χ2v) is 10.7. The molecule has 0 radical (unpaired) electrons. The largest absolute Gasteiger partial charge is 0.492 e. The first kappa shape index (κ1) is 20.2. The van der Waals surface area contributed by atoms with Crippen molar-refractivity contribution < 1.29 is 17.9 Å². The molecular formula is C21H30N4O4S. The number of ether oxygens (including phenoxy) is 2. The van der Waals surface area contributed by atoms with Gasteiger partial charge in [-0.1, -0.05) is 0 Å². The van der Waals surface area contributed by atoms with Crippen molar-refractivity contribution in [3.05, 3.63) is 23.9 Å². The van der Waals surface area contributed by atoms with Gasteiger partial charge in [0.25, 0.3) is 0 Å². The van der Waals surface area contributed by atoms with Crippen LogP contribution in [0.25, 0.3) is 10.9 Å². The Labute approximate surface area is 177 Å². The van der Waals surface area contributed by atoms with Crippen molar-refractivity contribution in [3.8, 4) is 5.75 Å². The molecule has 30 heavy (non-hydrogen) atoms. The summed E-state index contributed by atoms with van der Waals surface area (Å²) in [4.78, 5) is 2.31. The Hall–Kier alpha value is -1.68. The summed E-state index contributed by atoms with van der Waals surface area (Å²) in [7, 11) is -3.25. The van der Waals surface area contributed by atoms with E-state index in [9.17, 15) is 8.42 Å². The van der Waals surface area contributed by atoms with E-state index in [-0.39, 0.29) is 18.2 Å². The van der Waals surface area contributed by atoms with Gasteiger partial charge in [-0.25, -0.2) is 13.1 Å². The molecule has 0 spiro atoms. The van der Waals surface area contributed by atoms with Crippen molar-refractivity contribution in [1.82, 2.24) is 19.8 Å². The fourth-order valence-electron chi connectivity index (χ4n) is 5.31. The van der Waals surface area contributed by atoms with E-state index < -0.39 is 10.0 Å².